The second kappa shape index (κ2) is 33.4. The molecule has 7 amide bonds. The quantitative estimate of drug-likeness (QED) is 0.0169. The molecule has 0 aliphatic heterocycles. The third-order valence-corrected chi connectivity index (χ3v) is 12.7. The van der Waals surface area contributed by atoms with E-state index in [-0.39, 0.29) is 135 Å². The average Bonchev–Trinajstić information content (AvgIpc) is 3.61. The van der Waals surface area contributed by atoms with Crippen molar-refractivity contribution in [3.05, 3.63) is 142 Å². The van der Waals surface area contributed by atoms with Gasteiger partial charge in [0, 0.05) is 93.0 Å². The van der Waals surface area contributed by atoms with E-state index in [9.17, 15) is 78.4 Å². The molecule has 0 bridgehead atoms. The molecule has 0 aliphatic carbocycles. The third kappa shape index (κ3) is 18.4. The molecule has 462 valence electrons. The summed E-state index contributed by atoms with van der Waals surface area (Å²) in [7, 11) is 5.63. The van der Waals surface area contributed by atoms with Gasteiger partial charge in [0.15, 0.2) is 5.78 Å². The Hall–Kier alpha value is -9.66. The number of methoxy groups -OCH3 is 4. The van der Waals surface area contributed by atoms with Crippen LogP contribution in [-0.4, -0.2) is 216 Å². The molecule has 0 saturated heterocycles. The van der Waals surface area contributed by atoms with Crippen molar-refractivity contribution in [2.75, 3.05) is 114 Å². The number of pyridine rings is 4. The number of carbonyl (C=O) groups excluding carboxylic acids is 8. The van der Waals surface area contributed by atoms with Gasteiger partial charge >= 0.3 is 0 Å². The van der Waals surface area contributed by atoms with Gasteiger partial charge in [-0.3, -0.25) is 57.5 Å². The van der Waals surface area contributed by atoms with E-state index in [1.54, 1.807) is 0 Å². The summed E-state index contributed by atoms with van der Waals surface area (Å²) in [4.78, 5) is 161. The molecule has 0 radical (unpaired) electrons. The lowest BCUT2D eigenvalue weighted by Crippen LogP contribution is -2.45. The Morgan fingerprint density at radius 1 is 0.447 bits per heavy atom. The largest absolute Gasteiger partial charge is 0.425 e. The molecule has 0 spiro atoms. The van der Waals surface area contributed by atoms with Gasteiger partial charge in [0.1, 0.15) is 39.5 Å². The molecule has 4 heterocycles. The molecular formula is C53H70N12O20. The summed E-state index contributed by atoms with van der Waals surface area (Å²) < 4.78 is 19.6. The predicted octanol–water partition coefficient (Wildman–Crippen LogP) is -2.42. The van der Waals surface area contributed by atoms with Crippen molar-refractivity contribution in [2.45, 2.75) is 38.6 Å². The highest BCUT2D eigenvalue weighted by atomic mass is 16.5. The summed E-state index contributed by atoms with van der Waals surface area (Å²) in [5.74, 6) is -7.28. The van der Waals surface area contributed by atoms with E-state index in [0.717, 1.165) is 59.2 Å². The van der Waals surface area contributed by atoms with Crippen molar-refractivity contribution < 1.29 is 78.1 Å². The van der Waals surface area contributed by atoms with Crippen LogP contribution in [-0.2, 0) is 23.7 Å². The molecule has 85 heavy (non-hydrogen) atoms. The molecular weight excluding hydrogens is 1120 g/mol. The van der Waals surface area contributed by atoms with Crippen LogP contribution in [0.1, 0.15) is 111 Å². The molecule has 32 heteroatoms. The van der Waals surface area contributed by atoms with Gasteiger partial charge < -0.3 is 81.5 Å². The predicted molar refractivity (Wildman–Crippen MR) is 298 cm³/mol. The van der Waals surface area contributed by atoms with E-state index < -0.39 is 121 Å². The average molecular weight is 1200 g/mol. The highest BCUT2D eigenvalue weighted by Gasteiger charge is 2.29. The maximum atomic E-state index is 14.4. The van der Waals surface area contributed by atoms with Crippen LogP contribution >= 0.6 is 0 Å². The minimum Gasteiger partial charge on any atom is -0.425 e. The molecule has 0 aliphatic rings. The fourth-order valence-electron chi connectivity index (χ4n) is 8.03. The van der Waals surface area contributed by atoms with Crippen LogP contribution < -0.4 is 54.1 Å². The standard InChI is InChI=1S/C53H70N12O20/c1-32(54-20-28-82-3)34-10-14-40(63(79)48(34)72)47(71)59-38(33(2)66)18-27-61(53(77)42-17-13-37(51(75)65(42)81)45(69)58-23-31-85-6)25-8-7-24-60(52(76)41-16-12-36(50(74)64(41)80)44(68)57-22-30-84-5)26-9-19-55-46(70)39-15-11-35(49(73)62(39)78)43(67)56-21-29-83-4/h10-17,38,54,78-81H,1,7-9,18-31H2,2-6H3,(H,55,70)(H,56,67)(H,57,68)(H,58,69)(H,59,71). The molecule has 0 saturated carbocycles. The number of hydrogen-bond acceptors (Lipinski definition) is 21. The van der Waals surface area contributed by atoms with Crippen molar-refractivity contribution in [3.8, 4) is 0 Å². The van der Waals surface area contributed by atoms with Crippen LogP contribution in [0.15, 0.2) is 74.3 Å². The molecule has 32 nitrogen and oxygen atoms in total. The van der Waals surface area contributed by atoms with Gasteiger partial charge in [0.25, 0.3) is 63.6 Å². The topological polar surface area (TPSA) is 421 Å². The Labute approximate surface area is 484 Å². The lowest BCUT2D eigenvalue weighted by Gasteiger charge is -2.27. The summed E-state index contributed by atoms with van der Waals surface area (Å²) in [5, 5.41) is 58.3. The van der Waals surface area contributed by atoms with Crippen LogP contribution in [0.2, 0.25) is 0 Å². The first-order valence-electron chi connectivity index (χ1n) is 26.3. The minimum atomic E-state index is -1.40. The van der Waals surface area contributed by atoms with Gasteiger partial charge in [-0.1, -0.05) is 6.58 Å². The number of ether oxygens (including phenoxy) is 4. The number of hydrogen-bond donors (Lipinski definition) is 10. The van der Waals surface area contributed by atoms with Gasteiger partial charge in [-0.2, -0.15) is 0 Å². The minimum absolute atomic E-state index is 0.00253. The Kier molecular flexibility index (Phi) is 26.7. The lowest BCUT2D eigenvalue weighted by atomic mass is 10.1. The second-order valence-electron chi connectivity index (χ2n) is 18.5. The monoisotopic (exact) mass is 1190 g/mol. The van der Waals surface area contributed by atoms with E-state index in [0.29, 0.717) is 0 Å². The molecule has 10 N–H and O–H groups in total. The Balaban J connectivity index is 1.62. The molecule has 0 aromatic carbocycles. The number of rotatable bonds is 35. The Morgan fingerprint density at radius 2 is 0.776 bits per heavy atom. The van der Waals surface area contributed by atoms with Crippen molar-refractivity contribution in [3.63, 3.8) is 0 Å². The van der Waals surface area contributed by atoms with E-state index in [2.05, 4.69) is 38.5 Å². The fraction of sp³-hybridized carbons (Fsp3) is 0.434. The number of nitrogens with zero attached hydrogens (tertiary/aromatic N) is 6. The lowest BCUT2D eigenvalue weighted by molar-refractivity contribution is -0.119. The first kappa shape index (κ1) is 67.8. The zero-order chi connectivity index (χ0) is 62.9. The zero-order valence-corrected chi connectivity index (χ0v) is 47.4. The number of carbonyl (C=O) groups is 8. The van der Waals surface area contributed by atoms with Crippen LogP contribution in [0, 0.1) is 0 Å². The number of unbranched alkanes of at least 4 members (excludes halogenated alkanes) is 1. The number of amides is 7. The van der Waals surface area contributed by atoms with Crippen molar-refractivity contribution in [2.24, 2.45) is 0 Å². The Morgan fingerprint density at radius 3 is 1.19 bits per heavy atom. The summed E-state index contributed by atoms with van der Waals surface area (Å²) in [6.45, 7) is 4.45. The first-order chi connectivity index (χ1) is 40.6. The molecule has 1 atom stereocenters. The van der Waals surface area contributed by atoms with Gasteiger partial charge in [-0.15, -0.1) is 18.9 Å². The van der Waals surface area contributed by atoms with E-state index >= 15 is 0 Å². The summed E-state index contributed by atoms with van der Waals surface area (Å²) in [6, 6.07) is 7.05. The molecule has 0 fully saturated rings. The van der Waals surface area contributed by atoms with Gasteiger partial charge in [-0.05, 0) is 81.1 Å². The number of Topliss-reactive ketones (excluding diaryl/α,β-unsaturated/α-hetero) is 1. The van der Waals surface area contributed by atoms with E-state index in [4.69, 9.17) is 18.9 Å². The third-order valence-electron chi connectivity index (χ3n) is 12.7. The van der Waals surface area contributed by atoms with Crippen molar-refractivity contribution >= 4 is 52.8 Å². The second-order valence-corrected chi connectivity index (χ2v) is 18.5. The highest BCUT2D eigenvalue weighted by molar-refractivity contribution is 5.99. The maximum absolute atomic E-state index is 14.4. The SMILES string of the molecule is C=C(NCCOC)c1ccc(C(=O)NC(CCN(CCCCN(CCCNC(=O)c2ccc(C(=O)NCCOC)c(=O)n2O)C(=O)c2ccc(C(=O)NCCOC)c(=O)n2O)C(=O)c2ccc(C(=O)NCCOC)c(=O)n2O)C(C)=O)n(O)c1=O. The maximum Gasteiger partial charge on any atom is 0.296 e. The summed E-state index contributed by atoms with van der Waals surface area (Å²) >= 11 is 0. The van der Waals surface area contributed by atoms with Crippen molar-refractivity contribution in [1.82, 2.24) is 60.6 Å². The normalized spacial score (nSPS) is 11.2. The van der Waals surface area contributed by atoms with E-state index in [1.807, 2.05) is 0 Å². The smallest absolute Gasteiger partial charge is 0.296 e. The molecule has 1 unspecified atom stereocenters. The van der Waals surface area contributed by atoms with Crippen LogP contribution in [0.4, 0.5) is 0 Å². The van der Waals surface area contributed by atoms with Crippen molar-refractivity contribution in [1.29, 1.82) is 0 Å². The zero-order valence-electron chi connectivity index (χ0n) is 47.4. The number of nitrogens with one attached hydrogen (secondary N) is 6. The van der Waals surface area contributed by atoms with Crippen LogP contribution in [0.25, 0.3) is 5.70 Å². The van der Waals surface area contributed by atoms with Gasteiger partial charge in [0.05, 0.1) is 38.0 Å². The van der Waals surface area contributed by atoms with E-state index in [1.165, 1.54) is 34.5 Å². The van der Waals surface area contributed by atoms with Gasteiger partial charge in [0.2, 0.25) is 0 Å². The van der Waals surface area contributed by atoms with Crippen LogP contribution in [0.3, 0.4) is 0 Å². The first-order valence-corrected chi connectivity index (χ1v) is 26.3. The highest BCUT2D eigenvalue weighted by Crippen LogP contribution is 2.13. The molecule has 4 rings (SSSR count). The fourth-order valence-corrected chi connectivity index (χ4v) is 8.03. The summed E-state index contributed by atoms with van der Waals surface area (Å²) in [6.07, 6.45) is -0.425. The number of ketones is 1. The summed E-state index contributed by atoms with van der Waals surface area (Å²) in [5.41, 5.74) is -8.62. The van der Waals surface area contributed by atoms with Gasteiger partial charge in [-0.25, -0.2) is 0 Å². The van der Waals surface area contributed by atoms with Crippen LogP contribution in [0.5, 0.6) is 0 Å². The Bertz CT molecular complexity index is 3330. The molecule has 4 aromatic heterocycles. The molecule has 4 aromatic rings. The number of aromatic nitrogens is 4.